The summed E-state index contributed by atoms with van der Waals surface area (Å²) in [6.07, 6.45) is 3.40. The van der Waals surface area contributed by atoms with Crippen molar-refractivity contribution >= 4 is 23.6 Å². The van der Waals surface area contributed by atoms with Gasteiger partial charge in [-0.1, -0.05) is 60.7 Å². The maximum absolute atomic E-state index is 14.0. The van der Waals surface area contributed by atoms with Gasteiger partial charge in [-0.2, -0.15) is 0 Å². The summed E-state index contributed by atoms with van der Waals surface area (Å²) in [5.74, 6) is -1.75. The summed E-state index contributed by atoms with van der Waals surface area (Å²) < 4.78 is 4.85. The number of alkyl carbamates (subject to hydrolysis) is 1. The topological polar surface area (TPSA) is 172 Å². The molecule has 0 saturated carbocycles. The number of benzene rings is 2. The molecule has 1 saturated heterocycles. The average molecular weight is 530 g/mol. The number of nitrogens with zero attached hydrogens (tertiary/aromatic N) is 2. The molecule has 0 spiro atoms. The molecule has 3 aromatic rings. The van der Waals surface area contributed by atoms with Crippen molar-refractivity contribution in [1.82, 2.24) is 25.9 Å². The molecule has 1 unspecified atom stereocenters. The molecule has 1 aromatic heterocycles. The van der Waals surface area contributed by atoms with Crippen LogP contribution in [0, 0.1) is 5.41 Å². The molecule has 6 N–H and O–H groups in total. The van der Waals surface area contributed by atoms with Gasteiger partial charge in [-0.15, -0.1) is 0 Å². The highest BCUT2D eigenvalue weighted by Gasteiger charge is 2.37. The van der Waals surface area contributed by atoms with Crippen LogP contribution in [-0.2, 0) is 14.3 Å². The molecule has 1 fully saturated rings. The number of methoxy groups -OCH3 is 1. The van der Waals surface area contributed by atoms with Crippen LogP contribution in [-0.4, -0.2) is 59.3 Å². The normalized spacial score (nSPS) is 16.2. The quantitative estimate of drug-likeness (QED) is 0.195. The highest BCUT2D eigenvalue weighted by molar-refractivity contribution is 5.96. The van der Waals surface area contributed by atoms with Crippen molar-refractivity contribution in [3.8, 4) is 0 Å². The summed E-state index contributed by atoms with van der Waals surface area (Å²) in [4.78, 5) is 48.2. The number of carbonyl (C=O) groups is 3. The average Bonchev–Trinajstić information content (AvgIpc) is 3.51. The van der Waals surface area contributed by atoms with E-state index in [2.05, 4.69) is 25.9 Å². The number of hydrogen-bond acceptors (Lipinski definition) is 8. The molecule has 11 nitrogen and oxygen atoms in total. The van der Waals surface area contributed by atoms with Gasteiger partial charge in [-0.3, -0.25) is 15.0 Å². The summed E-state index contributed by atoms with van der Waals surface area (Å²) in [7, 11) is 1.22. The molecule has 1 aliphatic heterocycles. The monoisotopic (exact) mass is 529 g/mol. The lowest BCUT2D eigenvalue weighted by molar-refractivity contribution is -0.130. The number of nitrogen functional groups attached to an aromatic ring is 1. The lowest BCUT2D eigenvalue weighted by Gasteiger charge is -2.30. The molecular weight excluding hydrogens is 498 g/mol. The maximum Gasteiger partial charge on any atom is 0.407 e. The molecule has 4 rings (SSSR count). The molecule has 3 atom stereocenters. The van der Waals surface area contributed by atoms with E-state index < -0.39 is 36.0 Å². The number of amides is 2. The van der Waals surface area contributed by atoms with Gasteiger partial charge in [0.2, 0.25) is 5.91 Å². The summed E-state index contributed by atoms with van der Waals surface area (Å²) in [5.41, 5.74) is 7.39. The number of ketones is 1. The van der Waals surface area contributed by atoms with Crippen LogP contribution in [0.2, 0.25) is 0 Å². The van der Waals surface area contributed by atoms with Gasteiger partial charge >= 0.3 is 6.09 Å². The zero-order valence-corrected chi connectivity index (χ0v) is 21.5. The highest BCUT2D eigenvalue weighted by atomic mass is 16.5. The standard InChI is InChI=1S/C28H31N7O4/c1-39-28(38)35-23(21(17-9-4-2-5-10-17)18-11-6-3-7-12-18)27(37)34-22(24(36)20-13-8-14-31-20)19-15-32-26(25(29)30)33-16-19/h2-7,9-12,15-16,20-23,31H,8,13-14H2,1H3,(H3,29,30)(H,34,37)(H,35,38)/t20-,22?,23+/m0/s1. The van der Waals surface area contributed by atoms with E-state index in [9.17, 15) is 14.4 Å². The van der Waals surface area contributed by atoms with Crippen molar-refractivity contribution in [2.45, 2.75) is 36.9 Å². The number of aromatic nitrogens is 2. The van der Waals surface area contributed by atoms with Gasteiger partial charge in [0.1, 0.15) is 12.1 Å². The highest BCUT2D eigenvalue weighted by Crippen LogP contribution is 2.29. The Hall–Kier alpha value is -4.64. The first kappa shape index (κ1) is 27.4. The van der Waals surface area contributed by atoms with E-state index in [4.69, 9.17) is 15.9 Å². The van der Waals surface area contributed by atoms with Crippen molar-refractivity contribution in [2.24, 2.45) is 5.73 Å². The van der Waals surface area contributed by atoms with Crippen molar-refractivity contribution in [3.05, 3.63) is 95.6 Å². The van der Waals surface area contributed by atoms with E-state index >= 15 is 0 Å². The van der Waals surface area contributed by atoms with Crippen molar-refractivity contribution < 1.29 is 19.1 Å². The van der Waals surface area contributed by atoms with E-state index in [1.165, 1.54) is 19.5 Å². The van der Waals surface area contributed by atoms with Crippen molar-refractivity contribution in [2.75, 3.05) is 13.7 Å². The number of amidine groups is 1. The number of ether oxygens (including phenoxy) is 1. The van der Waals surface area contributed by atoms with Gasteiger partial charge < -0.3 is 26.4 Å². The van der Waals surface area contributed by atoms with E-state index in [1.54, 1.807) is 0 Å². The lowest BCUT2D eigenvalue weighted by Crippen LogP contribution is -2.53. The first-order valence-electron chi connectivity index (χ1n) is 12.6. The molecule has 39 heavy (non-hydrogen) atoms. The van der Waals surface area contributed by atoms with E-state index in [0.717, 1.165) is 17.5 Å². The summed E-state index contributed by atoms with van der Waals surface area (Å²) in [5, 5.41) is 16.2. The van der Waals surface area contributed by atoms with Crippen LogP contribution < -0.4 is 21.7 Å². The van der Waals surface area contributed by atoms with Crippen LogP contribution in [0.5, 0.6) is 0 Å². The zero-order valence-electron chi connectivity index (χ0n) is 21.5. The molecule has 202 valence electrons. The predicted molar refractivity (Wildman–Crippen MR) is 144 cm³/mol. The minimum atomic E-state index is -1.13. The number of Topliss-reactive ketones (excluding diaryl/α,β-unsaturated/α-hetero) is 1. The second kappa shape index (κ2) is 12.7. The lowest BCUT2D eigenvalue weighted by atomic mass is 9.84. The first-order chi connectivity index (χ1) is 18.9. The largest absolute Gasteiger partial charge is 0.453 e. The Bertz CT molecular complexity index is 1260. The summed E-state index contributed by atoms with van der Waals surface area (Å²) >= 11 is 0. The zero-order chi connectivity index (χ0) is 27.8. The van der Waals surface area contributed by atoms with E-state index in [-0.39, 0.29) is 17.4 Å². The number of carbonyl (C=O) groups excluding carboxylic acids is 3. The number of rotatable bonds is 10. The molecular formula is C28H31N7O4. The second-order valence-electron chi connectivity index (χ2n) is 9.16. The summed E-state index contributed by atoms with van der Waals surface area (Å²) in [6, 6.07) is 15.9. The Morgan fingerprint density at radius 1 is 0.974 bits per heavy atom. The molecule has 2 heterocycles. The first-order valence-corrected chi connectivity index (χ1v) is 12.6. The van der Waals surface area contributed by atoms with Gasteiger partial charge in [-0.25, -0.2) is 14.8 Å². The SMILES string of the molecule is COC(=O)N[C@@H](C(=O)NC(C(=O)[C@@H]1CCCN1)c1cnc(C(=N)N)nc1)C(c1ccccc1)c1ccccc1. The van der Waals surface area contributed by atoms with Crippen LogP contribution in [0.4, 0.5) is 4.79 Å². The van der Waals surface area contributed by atoms with Crippen LogP contribution >= 0.6 is 0 Å². The smallest absolute Gasteiger partial charge is 0.407 e. The molecule has 2 aromatic carbocycles. The Kier molecular flexibility index (Phi) is 8.95. The third-order valence-electron chi connectivity index (χ3n) is 6.61. The van der Waals surface area contributed by atoms with Crippen molar-refractivity contribution in [3.63, 3.8) is 0 Å². The maximum atomic E-state index is 14.0. The Morgan fingerprint density at radius 3 is 2.05 bits per heavy atom. The van der Waals surface area contributed by atoms with E-state index in [1.807, 2.05) is 60.7 Å². The van der Waals surface area contributed by atoms with Gasteiger partial charge in [0, 0.05) is 23.9 Å². The van der Waals surface area contributed by atoms with Gasteiger partial charge in [0.25, 0.3) is 0 Å². The fraction of sp³-hybridized carbons (Fsp3) is 0.286. The van der Waals surface area contributed by atoms with Crippen LogP contribution in [0.25, 0.3) is 0 Å². The molecule has 11 heteroatoms. The molecule has 0 aliphatic carbocycles. The summed E-state index contributed by atoms with van der Waals surface area (Å²) in [6.45, 7) is 0.688. The third kappa shape index (κ3) is 6.63. The number of hydrogen-bond donors (Lipinski definition) is 5. The number of nitrogens with two attached hydrogens (primary N) is 1. The van der Waals surface area contributed by atoms with Gasteiger partial charge in [0.05, 0.1) is 13.2 Å². The van der Waals surface area contributed by atoms with Crippen LogP contribution in [0.3, 0.4) is 0 Å². The van der Waals surface area contributed by atoms with Crippen LogP contribution in [0.15, 0.2) is 73.1 Å². The minimum Gasteiger partial charge on any atom is -0.453 e. The minimum absolute atomic E-state index is 0.00807. The van der Waals surface area contributed by atoms with Gasteiger partial charge in [-0.05, 0) is 30.5 Å². The second-order valence-corrected chi connectivity index (χ2v) is 9.16. The Labute approximate surface area is 226 Å². The fourth-order valence-corrected chi connectivity index (χ4v) is 4.69. The number of nitrogens with one attached hydrogen (secondary N) is 4. The van der Waals surface area contributed by atoms with Crippen molar-refractivity contribution in [1.29, 1.82) is 5.41 Å². The molecule has 0 radical (unpaired) electrons. The van der Waals surface area contributed by atoms with Crippen LogP contribution in [0.1, 0.15) is 47.3 Å². The van der Waals surface area contributed by atoms with E-state index in [0.29, 0.717) is 18.5 Å². The molecule has 2 amide bonds. The molecule has 1 aliphatic rings. The third-order valence-corrected chi connectivity index (χ3v) is 6.61. The fourth-order valence-electron chi connectivity index (χ4n) is 4.69. The Morgan fingerprint density at radius 2 is 1.56 bits per heavy atom. The van der Waals surface area contributed by atoms with Gasteiger partial charge in [0.15, 0.2) is 17.4 Å². The Balaban J connectivity index is 1.73. The predicted octanol–water partition coefficient (Wildman–Crippen LogP) is 1.80. The molecule has 0 bridgehead atoms.